The molecule has 5 aromatic rings. The van der Waals surface area contributed by atoms with E-state index in [1.54, 1.807) is 44.2 Å². The van der Waals surface area contributed by atoms with Crippen molar-refractivity contribution in [3.05, 3.63) is 65.2 Å². The molecule has 7 heterocycles. The van der Waals surface area contributed by atoms with Crippen molar-refractivity contribution >= 4 is 83.5 Å². The highest BCUT2D eigenvalue weighted by Crippen LogP contribution is 2.61. The Morgan fingerprint density at radius 3 is 2.63 bits per heavy atom. The molecule has 1 aromatic carbocycles. The third-order valence-corrected chi connectivity index (χ3v) is 14.1. The van der Waals surface area contributed by atoms with E-state index in [9.17, 15) is 29.3 Å². The van der Waals surface area contributed by atoms with Gasteiger partial charge in [0, 0.05) is 17.9 Å². The second kappa shape index (κ2) is 18.1. The number of imidazole rings is 2. The minimum absolute atomic E-state index is 0.0985. The van der Waals surface area contributed by atoms with Gasteiger partial charge < -0.3 is 28.9 Å². The van der Waals surface area contributed by atoms with Gasteiger partial charge in [0.2, 0.25) is 11.9 Å². The molecule has 2 amide bonds. The third-order valence-electron chi connectivity index (χ3n) is 10.2. The van der Waals surface area contributed by atoms with Gasteiger partial charge in [0.15, 0.2) is 40.5 Å². The first kappa shape index (κ1) is 45.0. The van der Waals surface area contributed by atoms with Crippen LogP contribution in [0.3, 0.4) is 0 Å². The molecular formula is C35H38FN11O12P2S2. The van der Waals surface area contributed by atoms with Crippen LogP contribution in [-0.2, 0) is 53.3 Å². The molecule has 3 fully saturated rings. The molecule has 3 saturated heterocycles. The predicted octanol–water partition coefficient (Wildman–Crippen LogP) is 3.70. The number of aliphatic hydroxyl groups is 1. The average molecular weight is 950 g/mol. The number of ether oxygens (including phenoxy) is 2. The van der Waals surface area contributed by atoms with Gasteiger partial charge >= 0.3 is 13.5 Å². The van der Waals surface area contributed by atoms with E-state index in [0.29, 0.717) is 5.56 Å². The molecule has 0 bridgehead atoms. The summed E-state index contributed by atoms with van der Waals surface area (Å²) in [7, 11) is 0. The van der Waals surface area contributed by atoms with E-state index in [4.69, 9.17) is 43.9 Å². The minimum atomic E-state index is -4.46. The van der Waals surface area contributed by atoms with Gasteiger partial charge in [0.25, 0.3) is 11.5 Å². The summed E-state index contributed by atoms with van der Waals surface area (Å²) in [5, 5.41) is 25.5. The normalized spacial score (nSPS) is 30.0. The van der Waals surface area contributed by atoms with E-state index in [-0.39, 0.29) is 53.5 Å². The van der Waals surface area contributed by atoms with E-state index >= 15 is 4.39 Å². The summed E-state index contributed by atoms with van der Waals surface area (Å²) in [6.45, 7) is -7.82. The number of H-pyrrole nitrogens is 1. The van der Waals surface area contributed by atoms with Crippen molar-refractivity contribution < 1.29 is 55.7 Å². The number of carbonyl (C=O) groups excluding carboxylic acids is 2. The Balaban J connectivity index is 1.09. The molecule has 9 atom stereocenters. The van der Waals surface area contributed by atoms with Crippen molar-refractivity contribution in [2.24, 2.45) is 5.92 Å². The largest absolute Gasteiger partial charge is 0.393 e. The number of fused-ring (bicyclic) bond motifs is 4. The molecule has 0 radical (unpaired) electrons. The standard InChI is InChI=1S/C35H38FN11O12P2S2/c1-18(2)30(49)44-34-43-29-25(32(51)45-34)41-17-47(29)33-23(36)26-20(56-33)12-54-60(52,62)58-21-11-22(57-35(21,13-48)14-55-61(63,59-26)53-10-6-9-37)46-16-40-24-27(38-15-39-28(24)46)42-31(50)19-7-4-3-5-8-19/h3-5,7-8,15-18,20-23,26,33,48H,6,10-14H2,1-2H3,(H,52,62)(H,38,39,42,50)(H2,43,44,45,49,51)/t20-,21+,22-,23-,26-,33-,35-,60?,61?/m1/s1. The van der Waals surface area contributed by atoms with Gasteiger partial charge in [-0.1, -0.05) is 44.3 Å². The lowest BCUT2D eigenvalue weighted by molar-refractivity contribution is -0.145. The Morgan fingerprint density at radius 2 is 1.89 bits per heavy atom. The number of thiol groups is 1. The van der Waals surface area contributed by atoms with Crippen molar-refractivity contribution in [2.75, 3.05) is 37.1 Å². The second-order valence-electron chi connectivity index (χ2n) is 14.7. The molecule has 0 spiro atoms. The maximum absolute atomic E-state index is 16.9. The number of halogens is 1. The lowest BCUT2D eigenvalue weighted by atomic mass is 9.99. The van der Waals surface area contributed by atoms with Gasteiger partial charge in [0.1, 0.15) is 36.5 Å². The fourth-order valence-electron chi connectivity index (χ4n) is 6.95. The van der Waals surface area contributed by atoms with Crippen LogP contribution in [0.4, 0.5) is 16.2 Å². The monoisotopic (exact) mass is 949 g/mol. The van der Waals surface area contributed by atoms with Crippen molar-refractivity contribution in [3.8, 4) is 6.07 Å². The first-order chi connectivity index (χ1) is 30.1. The number of aliphatic hydroxyl groups excluding tert-OH is 1. The first-order valence-electron chi connectivity index (χ1n) is 19.1. The van der Waals surface area contributed by atoms with E-state index in [0.717, 1.165) is 10.9 Å². The van der Waals surface area contributed by atoms with Crippen LogP contribution in [0.2, 0.25) is 0 Å². The SMILES string of the molecule is CC(C)C(=O)Nc1nc2c(ncn2[C@@H]2O[C@@H]3COP(=O)(S)O[C@H]4C[C@H](n5cnc6c(NC(=O)c7ccccc7)ncnc65)O[C@]4(CO)COP(=S)(OCCC#N)O[C@H]3[C@H]2F)c(=O)[nH]1. The summed E-state index contributed by atoms with van der Waals surface area (Å²) >= 11 is 9.99. The van der Waals surface area contributed by atoms with Gasteiger partial charge in [-0.15, -0.1) is 0 Å². The number of hydrogen-bond acceptors (Lipinski definition) is 19. The summed E-state index contributed by atoms with van der Waals surface area (Å²) < 4.78 is 75.8. The van der Waals surface area contributed by atoms with Crippen LogP contribution < -0.4 is 16.2 Å². The van der Waals surface area contributed by atoms with Crippen molar-refractivity contribution in [1.82, 2.24) is 39.0 Å². The summed E-state index contributed by atoms with van der Waals surface area (Å²) in [5.41, 5.74) is -2.22. The predicted molar refractivity (Wildman–Crippen MR) is 223 cm³/mol. The van der Waals surface area contributed by atoms with Crippen LogP contribution in [-0.4, -0.2) is 112 Å². The quantitative estimate of drug-likeness (QED) is 0.0757. The Bertz CT molecular complexity index is 2740. The molecule has 0 aliphatic carbocycles. The number of aromatic amines is 1. The topological polar surface area (TPSA) is 291 Å². The molecule has 23 nitrogen and oxygen atoms in total. The highest BCUT2D eigenvalue weighted by atomic mass is 32.7. The summed E-state index contributed by atoms with van der Waals surface area (Å²) in [4.78, 5) is 62.0. The van der Waals surface area contributed by atoms with Crippen molar-refractivity contribution in [2.45, 2.75) is 69.2 Å². The zero-order chi connectivity index (χ0) is 44.7. The fourth-order valence-corrected chi connectivity index (χ4v) is 10.6. The maximum Gasteiger partial charge on any atom is 0.386 e. The lowest BCUT2D eigenvalue weighted by Gasteiger charge is -2.36. The average Bonchev–Trinajstić information content (AvgIpc) is 4.04. The third kappa shape index (κ3) is 9.19. The summed E-state index contributed by atoms with van der Waals surface area (Å²) in [6.07, 6.45) is -5.91. The van der Waals surface area contributed by atoms with Crippen LogP contribution in [0.25, 0.3) is 22.3 Å². The molecule has 28 heteroatoms. The number of amides is 2. The summed E-state index contributed by atoms with van der Waals surface area (Å²) in [6, 6.07) is 10.4. The number of alkyl halides is 1. The van der Waals surface area contributed by atoms with Crippen LogP contribution in [0.5, 0.6) is 0 Å². The zero-order valence-electron chi connectivity index (χ0n) is 33.0. The van der Waals surface area contributed by atoms with E-state index in [1.165, 1.54) is 17.2 Å². The molecule has 4 N–H and O–H groups in total. The number of hydrogen-bond donors (Lipinski definition) is 5. The van der Waals surface area contributed by atoms with Crippen LogP contribution in [0.1, 0.15) is 49.5 Å². The molecule has 3 aliphatic rings. The maximum atomic E-state index is 16.9. The van der Waals surface area contributed by atoms with E-state index in [1.807, 2.05) is 6.07 Å². The number of rotatable bonds is 10. The van der Waals surface area contributed by atoms with E-state index in [2.05, 4.69) is 52.8 Å². The Hall–Kier alpha value is -4.61. The van der Waals surface area contributed by atoms with Gasteiger partial charge in [-0.25, -0.2) is 28.9 Å². The number of benzene rings is 1. The van der Waals surface area contributed by atoms with E-state index < -0.39 is 99.2 Å². The van der Waals surface area contributed by atoms with Crippen molar-refractivity contribution in [1.29, 1.82) is 5.26 Å². The zero-order valence-corrected chi connectivity index (χ0v) is 36.5. The Morgan fingerprint density at radius 1 is 1.13 bits per heavy atom. The number of nitrogens with one attached hydrogen (secondary N) is 3. The number of anilines is 2. The summed E-state index contributed by atoms with van der Waals surface area (Å²) in [5.74, 6) is -1.49. The molecule has 3 aliphatic heterocycles. The highest BCUT2D eigenvalue weighted by molar-refractivity contribution is 8.44. The van der Waals surface area contributed by atoms with Crippen LogP contribution in [0, 0.1) is 17.2 Å². The minimum Gasteiger partial charge on any atom is -0.393 e. The van der Waals surface area contributed by atoms with Gasteiger partial charge in [-0.2, -0.15) is 10.2 Å². The Labute approximate surface area is 365 Å². The second-order valence-corrected chi connectivity index (χ2v) is 20.5. The number of aromatic nitrogens is 8. The molecule has 4 aromatic heterocycles. The van der Waals surface area contributed by atoms with Gasteiger partial charge in [-0.3, -0.25) is 47.4 Å². The fraction of sp³-hybridized carbons (Fsp3) is 0.457. The van der Waals surface area contributed by atoms with Crippen molar-refractivity contribution in [3.63, 3.8) is 0 Å². The molecule has 2 unspecified atom stereocenters. The molecule has 8 rings (SSSR count). The number of nitrogens with zero attached hydrogens (tertiary/aromatic N) is 8. The molecule has 0 saturated carbocycles. The first-order valence-corrected chi connectivity index (χ1v) is 24.4. The molecular weight excluding hydrogens is 912 g/mol. The van der Waals surface area contributed by atoms with Crippen LogP contribution in [0.15, 0.2) is 54.1 Å². The smallest absolute Gasteiger partial charge is 0.386 e. The van der Waals surface area contributed by atoms with Crippen LogP contribution >= 0.6 is 25.8 Å². The van der Waals surface area contributed by atoms with Gasteiger partial charge in [-0.05, 0) is 23.9 Å². The molecule has 63 heavy (non-hydrogen) atoms. The lowest BCUT2D eigenvalue weighted by Crippen LogP contribution is -2.48. The Kier molecular flexibility index (Phi) is 12.9. The number of carbonyl (C=O) groups is 2. The van der Waals surface area contributed by atoms with Gasteiger partial charge in [0.05, 0.1) is 51.6 Å². The number of nitriles is 1. The molecule has 334 valence electrons. The highest BCUT2D eigenvalue weighted by Gasteiger charge is 2.56.